The van der Waals surface area contributed by atoms with E-state index in [1.54, 1.807) is 0 Å². The third-order valence-corrected chi connectivity index (χ3v) is 3.96. The normalized spacial score (nSPS) is 12.1. The number of carboxylic acids is 1. The number of benzene rings is 1. The lowest BCUT2D eigenvalue weighted by atomic mass is 10.1. The van der Waals surface area contributed by atoms with Crippen LogP contribution in [0.3, 0.4) is 0 Å². The number of rotatable bonds is 4. The molecule has 0 atom stereocenters. The highest BCUT2D eigenvalue weighted by Gasteiger charge is 2.18. The molecule has 1 amide bonds. The number of nitrogens with one attached hydrogen (secondary N) is 2. The van der Waals surface area contributed by atoms with E-state index in [1.807, 2.05) is 18.2 Å². The minimum absolute atomic E-state index is 0.0394. The fourth-order valence-corrected chi connectivity index (χ4v) is 2.65. The van der Waals surface area contributed by atoms with Crippen molar-refractivity contribution in [3.8, 4) is 5.75 Å². The predicted octanol–water partition coefficient (Wildman–Crippen LogP) is 0.870. The molecule has 12 nitrogen and oxygen atoms in total. The van der Waals surface area contributed by atoms with Gasteiger partial charge in [-0.25, -0.2) is 19.4 Å². The maximum Gasteiger partial charge on any atom is 0.356 e. The number of amides is 1. The third-order valence-electron chi connectivity index (χ3n) is 3.83. The highest BCUT2D eigenvalue weighted by molar-refractivity contribution is 6.13. The molecule has 0 spiro atoms. The van der Waals surface area contributed by atoms with Crippen molar-refractivity contribution in [2.45, 2.75) is 6.54 Å². The first-order chi connectivity index (χ1) is 14.4. The topological polar surface area (TPSA) is 157 Å². The van der Waals surface area contributed by atoms with Crippen LogP contribution in [0.5, 0.6) is 5.75 Å². The Hall–Kier alpha value is -3.77. The summed E-state index contributed by atoms with van der Waals surface area (Å²) in [4.78, 5) is 39.4. The van der Waals surface area contributed by atoms with Crippen LogP contribution in [0.1, 0.15) is 26.5 Å². The molecular weight excluding hydrogens is 420 g/mol. The largest absolute Gasteiger partial charge is 0.482 e. The third kappa shape index (κ3) is 4.61. The summed E-state index contributed by atoms with van der Waals surface area (Å²) in [7, 11) is 1.19. The Morgan fingerprint density at radius 2 is 2.20 bits per heavy atom. The number of aromatic carboxylic acids is 1. The second-order valence-electron chi connectivity index (χ2n) is 5.81. The van der Waals surface area contributed by atoms with Gasteiger partial charge in [-0.3, -0.25) is 4.79 Å². The van der Waals surface area contributed by atoms with Crippen LogP contribution in [0.4, 0.5) is 5.69 Å². The van der Waals surface area contributed by atoms with Crippen molar-refractivity contribution in [1.29, 1.82) is 0 Å². The van der Waals surface area contributed by atoms with Gasteiger partial charge in [0, 0.05) is 12.6 Å². The van der Waals surface area contributed by atoms with E-state index < -0.39 is 11.9 Å². The highest BCUT2D eigenvalue weighted by atomic mass is 35.5. The average molecular weight is 435 g/mol. The summed E-state index contributed by atoms with van der Waals surface area (Å²) in [5.74, 6) is -1.38. The summed E-state index contributed by atoms with van der Waals surface area (Å²) in [6.45, 7) is 0.630. The lowest BCUT2D eigenvalue weighted by Gasteiger charge is -2.18. The van der Waals surface area contributed by atoms with Gasteiger partial charge in [0.2, 0.25) is 0 Å². The van der Waals surface area contributed by atoms with Crippen molar-refractivity contribution < 1.29 is 29.0 Å². The molecule has 13 heteroatoms. The maximum atomic E-state index is 11.4. The van der Waals surface area contributed by atoms with Gasteiger partial charge in [-0.1, -0.05) is 11.3 Å². The van der Waals surface area contributed by atoms with Crippen LogP contribution >= 0.6 is 11.8 Å². The van der Waals surface area contributed by atoms with Crippen LogP contribution in [-0.2, 0) is 16.1 Å². The molecule has 1 aliphatic rings. The van der Waals surface area contributed by atoms with Gasteiger partial charge < -0.3 is 19.9 Å². The van der Waals surface area contributed by atoms with Crippen molar-refractivity contribution in [3.05, 3.63) is 47.4 Å². The molecule has 2 aromatic heterocycles. The SMILES string of the molecule is COC(=O)c1cc(C(=O)O)nc2cnnn12.O=C1COc2ccc(CNCl)cc2N1. The fraction of sp³-hybridized carbons (Fsp3) is 0.176. The van der Waals surface area contributed by atoms with E-state index in [2.05, 4.69) is 30.2 Å². The van der Waals surface area contributed by atoms with Crippen LogP contribution in [0.2, 0.25) is 0 Å². The number of carbonyl (C=O) groups excluding carboxylic acids is 2. The first-order valence-corrected chi connectivity index (χ1v) is 8.73. The van der Waals surface area contributed by atoms with Crippen LogP contribution in [-0.4, -0.2) is 56.5 Å². The van der Waals surface area contributed by atoms with Gasteiger partial charge in [-0.05, 0) is 29.5 Å². The van der Waals surface area contributed by atoms with E-state index in [-0.39, 0.29) is 29.5 Å². The molecule has 0 saturated carbocycles. The van der Waals surface area contributed by atoms with Crippen LogP contribution < -0.4 is 14.9 Å². The number of fused-ring (bicyclic) bond motifs is 2. The maximum absolute atomic E-state index is 11.4. The van der Waals surface area contributed by atoms with Gasteiger partial charge in [0.25, 0.3) is 5.91 Å². The Kier molecular flexibility index (Phi) is 6.39. The molecule has 0 fully saturated rings. The molecule has 0 saturated heterocycles. The van der Waals surface area contributed by atoms with E-state index in [4.69, 9.17) is 21.6 Å². The Morgan fingerprint density at radius 1 is 1.40 bits per heavy atom. The number of hydrogen-bond acceptors (Lipinski definition) is 9. The number of anilines is 1. The molecule has 0 radical (unpaired) electrons. The number of hydrogen-bond donors (Lipinski definition) is 3. The minimum Gasteiger partial charge on any atom is -0.482 e. The number of halogens is 1. The molecule has 1 aromatic carbocycles. The molecule has 4 rings (SSSR count). The molecule has 156 valence electrons. The number of carboxylic acid groups (broad SMARTS) is 1. The molecular formula is C17H15ClN6O6. The first-order valence-electron chi connectivity index (χ1n) is 8.35. The van der Waals surface area contributed by atoms with E-state index in [9.17, 15) is 14.4 Å². The summed E-state index contributed by atoms with van der Waals surface area (Å²) < 4.78 is 10.8. The van der Waals surface area contributed by atoms with Crippen molar-refractivity contribution in [1.82, 2.24) is 24.6 Å². The predicted molar refractivity (Wildman–Crippen MR) is 102 cm³/mol. The number of methoxy groups -OCH3 is 1. The smallest absolute Gasteiger partial charge is 0.356 e. The second kappa shape index (κ2) is 9.15. The van der Waals surface area contributed by atoms with Gasteiger partial charge in [0.05, 0.1) is 19.0 Å². The van der Waals surface area contributed by atoms with Crippen LogP contribution in [0, 0.1) is 0 Å². The summed E-state index contributed by atoms with van der Waals surface area (Å²) >= 11 is 5.38. The molecule has 0 unspecified atom stereocenters. The highest BCUT2D eigenvalue weighted by Crippen LogP contribution is 2.28. The number of esters is 1. The summed E-state index contributed by atoms with van der Waals surface area (Å²) in [5.41, 5.74) is 1.55. The lowest BCUT2D eigenvalue weighted by molar-refractivity contribution is -0.118. The van der Waals surface area contributed by atoms with Gasteiger partial charge >= 0.3 is 11.9 Å². The number of nitrogens with zero attached hydrogens (tertiary/aromatic N) is 4. The zero-order valence-electron chi connectivity index (χ0n) is 15.5. The molecule has 3 heterocycles. The minimum atomic E-state index is -1.24. The zero-order chi connectivity index (χ0) is 21.7. The molecule has 3 N–H and O–H groups in total. The summed E-state index contributed by atoms with van der Waals surface area (Å²) in [6, 6.07) is 6.63. The van der Waals surface area contributed by atoms with Gasteiger partial charge in [-0.2, -0.15) is 4.52 Å². The quantitative estimate of drug-likeness (QED) is 0.397. The Morgan fingerprint density at radius 3 is 2.90 bits per heavy atom. The Bertz CT molecular complexity index is 1120. The van der Waals surface area contributed by atoms with Crippen LogP contribution in [0.15, 0.2) is 30.5 Å². The van der Waals surface area contributed by atoms with E-state index in [0.29, 0.717) is 18.0 Å². The monoisotopic (exact) mass is 434 g/mol. The lowest BCUT2D eigenvalue weighted by Crippen LogP contribution is -2.25. The molecule has 0 aliphatic carbocycles. The standard InChI is InChI=1S/C9H9ClN2O2.C8H6N4O4/c10-11-4-6-1-2-8-7(3-6)12-9(13)5-14-8;1-16-8(15)5-2-4(7(13)14)10-6-3-9-11-12(5)6/h1-3,11H,4-5H2,(H,12,13);2-3H,1H3,(H,13,14). The molecule has 30 heavy (non-hydrogen) atoms. The first kappa shape index (κ1) is 21.0. The Labute approximate surface area is 173 Å². The van der Waals surface area contributed by atoms with E-state index >= 15 is 0 Å². The van der Waals surface area contributed by atoms with Gasteiger partial charge in [0.1, 0.15) is 5.75 Å². The number of aromatic nitrogens is 4. The second-order valence-corrected chi connectivity index (χ2v) is 6.07. The molecule has 0 bridgehead atoms. The Balaban J connectivity index is 0.000000172. The van der Waals surface area contributed by atoms with Gasteiger partial charge in [0.15, 0.2) is 23.6 Å². The fourth-order valence-electron chi connectivity index (χ4n) is 2.50. The molecule has 3 aromatic rings. The summed E-state index contributed by atoms with van der Waals surface area (Å²) in [6.07, 6.45) is 1.25. The van der Waals surface area contributed by atoms with Crippen molar-refractivity contribution in [3.63, 3.8) is 0 Å². The van der Waals surface area contributed by atoms with Crippen LogP contribution in [0.25, 0.3) is 5.65 Å². The van der Waals surface area contributed by atoms with Crippen molar-refractivity contribution >= 4 is 41.0 Å². The summed E-state index contributed by atoms with van der Waals surface area (Å²) in [5, 5.41) is 18.6. The number of carbonyl (C=O) groups is 3. The van der Waals surface area contributed by atoms with Crippen molar-refractivity contribution in [2.75, 3.05) is 19.0 Å². The zero-order valence-corrected chi connectivity index (χ0v) is 16.2. The van der Waals surface area contributed by atoms with Gasteiger partial charge in [-0.15, -0.1) is 5.10 Å². The molecule has 1 aliphatic heterocycles. The average Bonchev–Trinajstić information content (AvgIpc) is 3.21. The van der Waals surface area contributed by atoms with Crippen molar-refractivity contribution in [2.24, 2.45) is 0 Å². The van der Waals surface area contributed by atoms with E-state index in [0.717, 1.165) is 16.1 Å². The number of ether oxygens (including phenoxy) is 2. The van der Waals surface area contributed by atoms with E-state index in [1.165, 1.54) is 13.3 Å².